The Morgan fingerprint density at radius 2 is 1.30 bits per heavy atom. The highest BCUT2D eigenvalue weighted by Gasteiger charge is 2.05. The fourth-order valence-electron chi connectivity index (χ4n) is 3.22. The Bertz CT molecular complexity index is 1220. The van der Waals surface area contributed by atoms with Gasteiger partial charge in [0, 0.05) is 5.56 Å². The Morgan fingerprint density at radius 1 is 0.727 bits per heavy atom. The maximum atomic E-state index is 12.3. The van der Waals surface area contributed by atoms with Crippen molar-refractivity contribution in [1.29, 1.82) is 0 Å². The molecule has 162 valence electrons. The lowest BCUT2D eigenvalue weighted by molar-refractivity contribution is -0.123. The number of nitrogens with one attached hydrogen (secondary N) is 1. The van der Waals surface area contributed by atoms with Crippen LogP contribution in [0.2, 0.25) is 0 Å². The maximum Gasteiger partial charge on any atom is 0.277 e. The van der Waals surface area contributed by atoms with Gasteiger partial charge in [0.2, 0.25) is 0 Å². The molecule has 0 atom stereocenters. The molecule has 0 aliphatic carbocycles. The Hall–Kier alpha value is -4.44. The normalized spacial score (nSPS) is 11.3. The molecule has 0 spiro atoms. The molecule has 0 saturated carbocycles. The zero-order valence-electron chi connectivity index (χ0n) is 18.1. The van der Waals surface area contributed by atoms with Crippen molar-refractivity contribution in [2.75, 3.05) is 6.61 Å². The number of rotatable bonds is 8. The number of allylic oxidation sites excluding steroid dienone is 1. The number of carbonyl (C=O) groups excluding carboxylic acids is 1. The van der Waals surface area contributed by atoms with Crippen LogP contribution < -0.4 is 10.2 Å². The van der Waals surface area contributed by atoms with Crippen molar-refractivity contribution >= 4 is 17.7 Å². The van der Waals surface area contributed by atoms with Crippen LogP contribution in [-0.4, -0.2) is 18.2 Å². The monoisotopic (exact) mass is 432 g/mol. The van der Waals surface area contributed by atoms with E-state index >= 15 is 0 Å². The van der Waals surface area contributed by atoms with E-state index in [4.69, 9.17) is 4.74 Å². The first kappa shape index (κ1) is 21.8. The summed E-state index contributed by atoms with van der Waals surface area (Å²) in [5.41, 5.74) is 7.43. The second-order valence-electron chi connectivity index (χ2n) is 7.32. The summed E-state index contributed by atoms with van der Waals surface area (Å²) in [5.74, 6) is 0.296. The van der Waals surface area contributed by atoms with Crippen LogP contribution in [0.1, 0.15) is 11.1 Å². The molecule has 4 aromatic rings. The first-order chi connectivity index (χ1) is 16.3. The minimum Gasteiger partial charge on any atom is -0.484 e. The molecule has 1 amide bonds. The van der Waals surface area contributed by atoms with E-state index in [1.54, 1.807) is 0 Å². The Balaban J connectivity index is 1.38. The predicted octanol–water partition coefficient (Wildman–Crippen LogP) is 5.97. The number of hydrogen-bond acceptors (Lipinski definition) is 3. The molecule has 4 aromatic carbocycles. The van der Waals surface area contributed by atoms with E-state index in [0.29, 0.717) is 11.5 Å². The van der Waals surface area contributed by atoms with Crippen molar-refractivity contribution in [2.45, 2.75) is 0 Å². The van der Waals surface area contributed by atoms with Crippen LogP contribution in [0.4, 0.5) is 0 Å². The molecule has 33 heavy (non-hydrogen) atoms. The van der Waals surface area contributed by atoms with Crippen molar-refractivity contribution < 1.29 is 9.53 Å². The van der Waals surface area contributed by atoms with Crippen molar-refractivity contribution in [3.63, 3.8) is 0 Å². The molecule has 1 N–H and O–H groups in total. The highest BCUT2D eigenvalue weighted by atomic mass is 16.5. The van der Waals surface area contributed by atoms with Crippen molar-refractivity contribution in [3.8, 4) is 16.9 Å². The van der Waals surface area contributed by atoms with E-state index in [0.717, 1.165) is 22.3 Å². The lowest BCUT2D eigenvalue weighted by atomic mass is 10.1. The summed E-state index contributed by atoms with van der Waals surface area (Å²) in [4.78, 5) is 12.3. The van der Waals surface area contributed by atoms with Gasteiger partial charge in [-0.25, -0.2) is 5.43 Å². The number of nitrogens with zero attached hydrogens (tertiary/aromatic N) is 1. The highest BCUT2D eigenvalue weighted by molar-refractivity contribution is 6.11. The number of benzene rings is 4. The highest BCUT2D eigenvalue weighted by Crippen LogP contribution is 2.22. The quantitative estimate of drug-likeness (QED) is 0.276. The molecule has 4 rings (SSSR count). The van der Waals surface area contributed by atoms with Gasteiger partial charge < -0.3 is 4.74 Å². The van der Waals surface area contributed by atoms with Gasteiger partial charge in [-0.3, -0.25) is 4.79 Å². The van der Waals surface area contributed by atoms with E-state index in [9.17, 15) is 4.79 Å². The first-order valence-corrected chi connectivity index (χ1v) is 10.7. The molecule has 0 aromatic heterocycles. The number of hydrazone groups is 1. The minimum absolute atomic E-state index is 0.126. The third-order valence-electron chi connectivity index (χ3n) is 4.94. The van der Waals surface area contributed by atoms with Crippen molar-refractivity contribution in [3.05, 3.63) is 132 Å². The predicted molar refractivity (Wildman–Crippen MR) is 134 cm³/mol. The van der Waals surface area contributed by atoms with Gasteiger partial charge in [0.05, 0.1) is 5.71 Å². The summed E-state index contributed by atoms with van der Waals surface area (Å²) in [5, 5.41) is 4.33. The van der Waals surface area contributed by atoms with Crippen LogP contribution in [0.5, 0.6) is 5.75 Å². The Morgan fingerprint density at radius 3 is 1.97 bits per heavy atom. The summed E-state index contributed by atoms with van der Waals surface area (Å²) in [7, 11) is 0. The van der Waals surface area contributed by atoms with Crippen LogP contribution in [0, 0.1) is 0 Å². The standard InChI is InChI=1S/C29H24N2O2/c32-29(22-33-27-19-17-25(18-20-27)24-12-6-2-7-13-24)31-30-28(26-14-8-3-9-15-26)21-16-23-10-4-1-5-11-23/h1-21H,22H2,(H,31,32). The molecular weight excluding hydrogens is 408 g/mol. The van der Waals surface area contributed by atoms with Crippen LogP contribution in [0.15, 0.2) is 126 Å². The van der Waals surface area contributed by atoms with Crippen molar-refractivity contribution in [2.24, 2.45) is 5.10 Å². The molecule has 0 bridgehead atoms. The summed E-state index contributed by atoms with van der Waals surface area (Å²) >= 11 is 0. The second-order valence-corrected chi connectivity index (χ2v) is 7.32. The Kier molecular flexibility index (Phi) is 7.43. The van der Waals surface area contributed by atoms with E-state index in [2.05, 4.69) is 22.7 Å². The summed E-state index contributed by atoms with van der Waals surface area (Å²) in [6, 6.07) is 37.4. The lowest BCUT2D eigenvalue weighted by Crippen LogP contribution is -2.25. The number of amides is 1. The summed E-state index contributed by atoms with van der Waals surface area (Å²) in [6.07, 6.45) is 3.84. The third-order valence-corrected chi connectivity index (χ3v) is 4.94. The van der Waals surface area contributed by atoms with E-state index in [1.807, 2.05) is 115 Å². The van der Waals surface area contributed by atoms with Gasteiger partial charge in [-0.2, -0.15) is 5.10 Å². The van der Waals surface area contributed by atoms with Gasteiger partial charge >= 0.3 is 0 Å². The molecule has 0 fully saturated rings. The molecule has 0 unspecified atom stereocenters. The summed E-state index contributed by atoms with van der Waals surface area (Å²) < 4.78 is 5.63. The second kappa shape index (κ2) is 11.3. The largest absolute Gasteiger partial charge is 0.484 e. The fourth-order valence-corrected chi connectivity index (χ4v) is 3.22. The fraction of sp³-hybridized carbons (Fsp3) is 0.0345. The number of hydrogen-bond donors (Lipinski definition) is 1. The first-order valence-electron chi connectivity index (χ1n) is 10.7. The smallest absolute Gasteiger partial charge is 0.277 e. The maximum absolute atomic E-state index is 12.3. The third kappa shape index (κ3) is 6.52. The zero-order chi connectivity index (χ0) is 22.7. The van der Waals surface area contributed by atoms with Crippen molar-refractivity contribution in [1.82, 2.24) is 5.43 Å². The van der Waals surface area contributed by atoms with Gasteiger partial charge in [0.15, 0.2) is 6.61 Å². The average Bonchev–Trinajstić information content (AvgIpc) is 2.89. The summed E-state index contributed by atoms with van der Waals surface area (Å²) in [6.45, 7) is -0.126. The number of ether oxygens (including phenoxy) is 1. The van der Waals surface area contributed by atoms with Gasteiger partial charge in [-0.1, -0.05) is 109 Å². The molecule has 4 nitrogen and oxygen atoms in total. The molecule has 0 aliphatic heterocycles. The van der Waals surface area contributed by atoms with Crippen LogP contribution in [0.25, 0.3) is 17.2 Å². The number of carbonyl (C=O) groups is 1. The van der Waals surface area contributed by atoms with E-state index < -0.39 is 0 Å². The molecule has 4 heteroatoms. The zero-order valence-corrected chi connectivity index (χ0v) is 18.1. The van der Waals surface area contributed by atoms with Crippen LogP contribution in [0.3, 0.4) is 0 Å². The van der Waals surface area contributed by atoms with Crippen LogP contribution >= 0.6 is 0 Å². The van der Waals surface area contributed by atoms with Gasteiger partial charge in [0.1, 0.15) is 5.75 Å². The topological polar surface area (TPSA) is 50.7 Å². The molecule has 0 heterocycles. The molecule has 0 saturated heterocycles. The minimum atomic E-state index is -0.330. The van der Waals surface area contributed by atoms with Gasteiger partial charge in [0.25, 0.3) is 5.91 Å². The molecular formula is C29H24N2O2. The van der Waals surface area contributed by atoms with E-state index in [1.165, 1.54) is 0 Å². The van der Waals surface area contributed by atoms with Crippen LogP contribution in [-0.2, 0) is 4.79 Å². The average molecular weight is 433 g/mol. The molecule has 0 aliphatic rings. The van der Waals surface area contributed by atoms with Gasteiger partial charge in [-0.15, -0.1) is 0 Å². The molecule has 0 radical (unpaired) electrons. The van der Waals surface area contributed by atoms with Gasteiger partial charge in [-0.05, 0) is 34.9 Å². The Labute approximate surface area is 193 Å². The SMILES string of the molecule is O=C(COc1ccc(-c2ccccc2)cc1)NN=C(C=Cc1ccccc1)c1ccccc1. The van der Waals surface area contributed by atoms with E-state index in [-0.39, 0.29) is 12.5 Å². The lowest BCUT2D eigenvalue weighted by Gasteiger charge is -2.07.